The van der Waals surface area contributed by atoms with Crippen LogP contribution in [0.15, 0.2) is 42.6 Å². The molecular weight excluding hydrogens is 386 g/mol. The summed E-state index contributed by atoms with van der Waals surface area (Å²) < 4.78 is 7.63. The number of carboxylic acids is 2. The van der Waals surface area contributed by atoms with Gasteiger partial charge in [0.1, 0.15) is 0 Å². The summed E-state index contributed by atoms with van der Waals surface area (Å²) in [5, 5.41) is 20.0. The van der Waals surface area contributed by atoms with E-state index < -0.39 is 11.9 Å². The number of hydrogen-bond donors (Lipinski definition) is 2. The summed E-state index contributed by atoms with van der Waals surface area (Å²) in [6, 6.07) is 8.03. The maximum atomic E-state index is 9.55. The Morgan fingerprint density at radius 3 is 2.53 bits per heavy atom. The molecule has 0 aromatic carbocycles. The van der Waals surface area contributed by atoms with Crippen molar-refractivity contribution in [2.24, 2.45) is 5.92 Å². The number of ether oxygens (including phenoxy) is 1. The van der Waals surface area contributed by atoms with Gasteiger partial charge in [-0.2, -0.15) is 0 Å². The lowest BCUT2D eigenvalue weighted by Crippen LogP contribution is -2.28. The molecule has 2 aromatic heterocycles. The second kappa shape index (κ2) is 12.6. The number of aliphatic carboxylic acids is 2. The van der Waals surface area contributed by atoms with Gasteiger partial charge in [-0.1, -0.05) is 13.0 Å². The van der Waals surface area contributed by atoms with E-state index in [2.05, 4.69) is 16.9 Å². The number of carbonyl (C=O) groups is 2. The van der Waals surface area contributed by atoms with Crippen molar-refractivity contribution in [2.45, 2.75) is 39.0 Å². The van der Waals surface area contributed by atoms with Crippen molar-refractivity contribution in [2.75, 3.05) is 26.2 Å². The molecule has 2 heterocycles. The monoisotopic (exact) mass is 417 g/mol. The lowest BCUT2D eigenvalue weighted by Gasteiger charge is -2.21. The number of nitrogens with zero attached hydrogens (tertiary/aromatic N) is 3. The molecule has 3 rings (SSSR count). The summed E-state index contributed by atoms with van der Waals surface area (Å²) in [4.78, 5) is 21.7. The van der Waals surface area contributed by atoms with Gasteiger partial charge in [0.05, 0.1) is 12.1 Å². The lowest BCUT2D eigenvalue weighted by molar-refractivity contribution is -0.134. The number of aromatic nitrogens is 2. The molecule has 2 N–H and O–H groups in total. The molecule has 0 saturated heterocycles. The summed E-state index contributed by atoms with van der Waals surface area (Å²) in [7, 11) is 0. The first-order chi connectivity index (χ1) is 14.5. The maximum absolute atomic E-state index is 9.55. The summed E-state index contributed by atoms with van der Waals surface area (Å²) in [6.45, 7) is 6.78. The molecule has 0 aliphatic heterocycles. The second-order valence-electron chi connectivity index (χ2n) is 7.36. The van der Waals surface area contributed by atoms with Gasteiger partial charge in [-0.15, -0.1) is 5.10 Å². The zero-order valence-corrected chi connectivity index (χ0v) is 17.4. The SMILES string of the molecule is CCCN(CCCCOc1cc2ccccn2n1)CC1CC1.O=C(O)C=CC(=O)O. The summed E-state index contributed by atoms with van der Waals surface area (Å²) in [6.07, 6.45) is 9.51. The van der Waals surface area contributed by atoms with Gasteiger partial charge in [-0.05, 0) is 63.2 Å². The van der Waals surface area contributed by atoms with Crippen LogP contribution in [0, 0.1) is 5.92 Å². The average Bonchev–Trinajstić information content (AvgIpc) is 3.42. The Hall–Kier alpha value is -2.87. The highest BCUT2D eigenvalue weighted by Crippen LogP contribution is 2.29. The predicted molar refractivity (Wildman–Crippen MR) is 114 cm³/mol. The highest BCUT2D eigenvalue weighted by molar-refractivity contribution is 5.89. The van der Waals surface area contributed by atoms with E-state index in [1.165, 1.54) is 45.3 Å². The molecule has 1 aliphatic rings. The molecule has 0 atom stereocenters. The van der Waals surface area contributed by atoms with Gasteiger partial charge >= 0.3 is 11.9 Å². The van der Waals surface area contributed by atoms with E-state index in [4.69, 9.17) is 14.9 Å². The standard InChI is InChI=1S/C18H27N3O.C4H4O4/c1-2-10-20(15-16-8-9-16)11-5-6-13-22-18-14-17-7-3-4-12-21(17)19-18;5-3(6)1-2-4(7)8/h3-4,7,12,14,16H,2,5-6,8-11,13,15H2,1H3;1-2H,(H,5,6)(H,7,8). The minimum Gasteiger partial charge on any atom is -0.478 e. The van der Waals surface area contributed by atoms with Gasteiger partial charge in [0.25, 0.3) is 0 Å². The van der Waals surface area contributed by atoms with E-state index in [1.54, 1.807) is 0 Å². The molecule has 0 radical (unpaired) electrons. The van der Waals surface area contributed by atoms with Crippen molar-refractivity contribution in [3.05, 3.63) is 42.6 Å². The smallest absolute Gasteiger partial charge is 0.328 e. The normalized spacial score (nSPS) is 13.4. The molecule has 1 aliphatic carbocycles. The zero-order chi connectivity index (χ0) is 21.8. The number of hydrogen-bond acceptors (Lipinski definition) is 5. The number of pyridine rings is 1. The fourth-order valence-corrected chi connectivity index (χ4v) is 3.02. The first-order valence-corrected chi connectivity index (χ1v) is 10.4. The van der Waals surface area contributed by atoms with Crippen LogP contribution in [-0.4, -0.2) is 62.9 Å². The fourth-order valence-electron chi connectivity index (χ4n) is 3.02. The summed E-state index contributed by atoms with van der Waals surface area (Å²) in [5.74, 6) is -0.796. The molecule has 0 bridgehead atoms. The largest absolute Gasteiger partial charge is 0.478 e. The van der Waals surface area contributed by atoms with Crippen LogP contribution >= 0.6 is 0 Å². The van der Waals surface area contributed by atoms with Crippen molar-refractivity contribution < 1.29 is 24.5 Å². The number of rotatable bonds is 12. The van der Waals surface area contributed by atoms with E-state index in [0.717, 1.165) is 30.3 Å². The van der Waals surface area contributed by atoms with E-state index in [9.17, 15) is 9.59 Å². The van der Waals surface area contributed by atoms with Crippen LogP contribution in [-0.2, 0) is 9.59 Å². The molecule has 164 valence electrons. The minimum absolute atomic E-state index is 0.558. The first-order valence-electron chi connectivity index (χ1n) is 10.4. The molecule has 30 heavy (non-hydrogen) atoms. The summed E-state index contributed by atoms with van der Waals surface area (Å²) >= 11 is 0. The Balaban J connectivity index is 0.000000343. The van der Waals surface area contributed by atoms with Crippen molar-refractivity contribution in [3.63, 3.8) is 0 Å². The van der Waals surface area contributed by atoms with E-state index >= 15 is 0 Å². The Bertz CT molecular complexity index is 780. The molecule has 8 heteroatoms. The summed E-state index contributed by atoms with van der Waals surface area (Å²) in [5.41, 5.74) is 1.08. The van der Waals surface area contributed by atoms with Crippen LogP contribution < -0.4 is 4.74 Å². The van der Waals surface area contributed by atoms with Crippen molar-refractivity contribution in [1.29, 1.82) is 0 Å². The molecule has 1 fully saturated rings. The predicted octanol–water partition coefficient (Wildman–Crippen LogP) is 3.33. The first kappa shape index (κ1) is 23.4. The molecule has 2 aromatic rings. The molecule has 0 spiro atoms. The zero-order valence-electron chi connectivity index (χ0n) is 17.4. The van der Waals surface area contributed by atoms with Crippen molar-refractivity contribution in [1.82, 2.24) is 14.5 Å². The number of fused-ring (bicyclic) bond motifs is 1. The quantitative estimate of drug-likeness (QED) is 0.403. The molecular formula is C22H31N3O5. The van der Waals surface area contributed by atoms with Gasteiger partial charge in [-0.3, -0.25) is 0 Å². The fraction of sp³-hybridized carbons (Fsp3) is 0.500. The van der Waals surface area contributed by atoms with Gasteiger partial charge in [0.15, 0.2) is 0 Å². The van der Waals surface area contributed by atoms with Crippen molar-refractivity contribution >= 4 is 17.5 Å². The van der Waals surface area contributed by atoms with Crippen LogP contribution in [0.2, 0.25) is 0 Å². The van der Waals surface area contributed by atoms with Crippen molar-refractivity contribution in [3.8, 4) is 5.88 Å². The molecule has 0 unspecified atom stereocenters. The lowest BCUT2D eigenvalue weighted by atomic mass is 10.2. The van der Waals surface area contributed by atoms with Crippen LogP contribution in [0.25, 0.3) is 5.52 Å². The second-order valence-corrected chi connectivity index (χ2v) is 7.36. The minimum atomic E-state index is -1.26. The maximum Gasteiger partial charge on any atom is 0.328 e. The van der Waals surface area contributed by atoms with E-state index in [-0.39, 0.29) is 0 Å². The van der Waals surface area contributed by atoms with Gasteiger partial charge < -0.3 is 19.8 Å². The molecule has 1 saturated carbocycles. The Kier molecular flexibility index (Phi) is 9.86. The van der Waals surface area contributed by atoms with E-state index in [0.29, 0.717) is 12.2 Å². The third-order valence-electron chi connectivity index (χ3n) is 4.59. The van der Waals surface area contributed by atoms with Gasteiger partial charge in [-0.25, -0.2) is 14.1 Å². The third-order valence-corrected chi connectivity index (χ3v) is 4.59. The topological polar surface area (TPSA) is 104 Å². The Labute approximate surface area is 176 Å². The number of carboxylic acid groups (broad SMARTS) is 2. The molecule has 0 amide bonds. The third kappa shape index (κ3) is 9.56. The van der Waals surface area contributed by atoms with Crippen LogP contribution in [0.1, 0.15) is 39.0 Å². The average molecular weight is 418 g/mol. The number of unbranched alkanes of at least 4 members (excludes halogenated alkanes) is 1. The Morgan fingerprint density at radius 1 is 1.20 bits per heavy atom. The van der Waals surface area contributed by atoms with E-state index in [1.807, 2.05) is 35.0 Å². The highest BCUT2D eigenvalue weighted by atomic mass is 16.5. The van der Waals surface area contributed by atoms with Gasteiger partial charge in [0.2, 0.25) is 5.88 Å². The van der Waals surface area contributed by atoms with Crippen LogP contribution in [0.5, 0.6) is 5.88 Å². The van der Waals surface area contributed by atoms with Crippen LogP contribution in [0.4, 0.5) is 0 Å². The van der Waals surface area contributed by atoms with Gasteiger partial charge in [0, 0.05) is 31.0 Å². The molecule has 8 nitrogen and oxygen atoms in total. The Morgan fingerprint density at radius 2 is 1.93 bits per heavy atom. The van der Waals surface area contributed by atoms with Crippen LogP contribution in [0.3, 0.4) is 0 Å². The highest BCUT2D eigenvalue weighted by Gasteiger charge is 2.23.